The number of fused-ring (bicyclic) bond motifs is 1. The Kier molecular flexibility index (Phi) is 2.76. The van der Waals surface area contributed by atoms with Crippen LogP contribution in [0.1, 0.15) is 16.8 Å². The molecule has 0 fully saturated rings. The van der Waals surface area contributed by atoms with Crippen molar-refractivity contribution in [3.05, 3.63) is 50.4 Å². The third kappa shape index (κ3) is 1.78. The molecule has 3 rings (SSSR count). The Bertz CT molecular complexity index is 657. The number of nitrogens with one attached hydrogen (secondary N) is 1. The van der Waals surface area contributed by atoms with Crippen molar-refractivity contribution in [3.63, 3.8) is 0 Å². The number of aryl methyl sites for hydroxylation is 1. The molecular weight excluding hydrogens is 252 g/mol. The van der Waals surface area contributed by atoms with Gasteiger partial charge in [0.1, 0.15) is 0 Å². The van der Waals surface area contributed by atoms with Gasteiger partial charge in [-0.2, -0.15) is 0 Å². The van der Waals surface area contributed by atoms with Crippen molar-refractivity contribution < 1.29 is 4.74 Å². The highest BCUT2D eigenvalue weighted by atomic mass is 35.5. The van der Waals surface area contributed by atoms with Gasteiger partial charge in [0.25, 0.3) is 5.56 Å². The maximum absolute atomic E-state index is 12.2. The molecule has 2 heterocycles. The highest BCUT2D eigenvalue weighted by Crippen LogP contribution is 2.19. The molecule has 5 heteroatoms. The first-order valence-corrected chi connectivity index (χ1v) is 6.21. The summed E-state index contributed by atoms with van der Waals surface area (Å²) in [5.74, 6) is 0. The number of rotatable bonds is 1. The predicted octanol–water partition coefficient (Wildman–Crippen LogP) is 2.20. The van der Waals surface area contributed by atoms with Crippen LogP contribution in [-0.2, 0) is 17.8 Å². The Morgan fingerprint density at radius 1 is 1.44 bits per heavy atom. The lowest BCUT2D eigenvalue weighted by atomic mass is 10.2. The number of aromatic amines is 1. The number of ether oxygens (including phenoxy) is 1. The SMILES string of the molecule is Cc1ccc(-n2[nH]c3c(c2=O)COCC3)cc1Cl. The number of benzene rings is 1. The number of nitrogens with zero attached hydrogens (tertiary/aromatic N) is 1. The maximum Gasteiger partial charge on any atom is 0.277 e. The number of halogens is 1. The van der Waals surface area contributed by atoms with E-state index in [1.807, 2.05) is 19.1 Å². The van der Waals surface area contributed by atoms with Gasteiger partial charge in [-0.1, -0.05) is 17.7 Å². The summed E-state index contributed by atoms with van der Waals surface area (Å²) in [7, 11) is 0. The fraction of sp³-hybridized carbons (Fsp3) is 0.308. The van der Waals surface area contributed by atoms with E-state index in [0.717, 1.165) is 28.9 Å². The minimum atomic E-state index is -0.0513. The quantitative estimate of drug-likeness (QED) is 0.858. The molecule has 0 atom stereocenters. The Balaban J connectivity index is 2.14. The molecular formula is C13H13ClN2O2. The van der Waals surface area contributed by atoms with E-state index in [-0.39, 0.29) is 5.56 Å². The lowest BCUT2D eigenvalue weighted by Gasteiger charge is -2.08. The Labute approximate surface area is 109 Å². The van der Waals surface area contributed by atoms with Gasteiger partial charge in [-0.25, -0.2) is 4.68 Å². The molecule has 0 bridgehead atoms. The zero-order chi connectivity index (χ0) is 12.7. The van der Waals surface area contributed by atoms with Crippen LogP contribution in [0.4, 0.5) is 0 Å². The summed E-state index contributed by atoms with van der Waals surface area (Å²) in [6.45, 7) is 2.97. The highest BCUT2D eigenvalue weighted by Gasteiger charge is 2.18. The highest BCUT2D eigenvalue weighted by molar-refractivity contribution is 6.31. The zero-order valence-electron chi connectivity index (χ0n) is 10.00. The molecule has 2 aromatic rings. The second-order valence-electron chi connectivity index (χ2n) is 4.45. The van der Waals surface area contributed by atoms with Crippen molar-refractivity contribution in [2.45, 2.75) is 20.0 Å². The van der Waals surface area contributed by atoms with Crippen molar-refractivity contribution in [1.82, 2.24) is 9.78 Å². The number of aromatic nitrogens is 2. The Hall–Kier alpha value is -1.52. The summed E-state index contributed by atoms with van der Waals surface area (Å²) in [6.07, 6.45) is 0.747. The van der Waals surface area contributed by atoms with Gasteiger partial charge in [-0.3, -0.25) is 9.89 Å². The monoisotopic (exact) mass is 264 g/mol. The van der Waals surface area contributed by atoms with E-state index in [4.69, 9.17) is 16.3 Å². The van der Waals surface area contributed by atoms with Crippen LogP contribution < -0.4 is 5.56 Å². The van der Waals surface area contributed by atoms with Crippen LogP contribution in [0.3, 0.4) is 0 Å². The van der Waals surface area contributed by atoms with Gasteiger partial charge in [0.05, 0.1) is 24.5 Å². The summed E-state index contributed by atoms with van der Waals surface area (Å²) in [5, 5.41) is 3.79. The molecule has 0 aliphatic carbocycles. The molecule has 94 valence electrons. The average molecular weight is 265 g/mol. The van der Waals surface area contributed by atoms with E-state index in [9.17, 15) is 4.79 Å². The van der Waals surface area contributed by atoms with E-state index in [2.05, 4.69) is 5.10 Å². The molecule has 18 heavy (non-hydrogen) atoms. The first-order chi connectivity index (χ1) is 8.66. The van der Waals surface area contributed by atoms with Crippen molar-refractivity contribution in [2.24, 2.45) is 0 Å². The number of hydrogen-bond acceptors (Lipinski definition) is 2. The van der Waals surface area contributed by atoms with E-state index in [1.54, 1.807) is 6.07 Å². The molecule has 0 saturated carbocycles. The molecule has 0 unspecified atom stereocenters. The van der Waals surface area contributed by atoms with Gasteiger partial charge >= 0.3 is 0 Å². The van der Waals surface area contributed by atoms with E-state index < -0.39 is 0 Å². The molecule has 1 aliphatic rings. The summed E-state index contributed by atoms with van der Waals surface area (Å²) in [4.78, 5) is 12.2. The molecule has 0 spiro atoms. The van der Waals surface area contributed by atoms with Crippen molar-refractivity contribution in [1.29, 1.82) is 0 Å². The van der Waals surface area contributed by atoms with Crippen molar-refractivity contribution in [3.8, 4) is 5.69 Å². The van der Waals surface area contributed by atoms with Crippen LogP contribution in [0.2, 0.25) is 5.02 Å². The van der Waals surface area contributed by atoms with Crippen LogP contribution in [-0.4, -0.2) is 16.4 Å². The van der Waals surface area contributed by atoms with Gasteiger partial charge in [-0.05, 0) is 24.6 Å². The average Bonchev–Trinajstić information content (AvgIpc) is 2.71. The largest absolute Gasteiger partial charge is 0.376 e. The lowest BCUT2D eigenvalue weighted by molar-refractivity contribution is 0.109. The Morgan fingerprint density at radius 3 is 3.00 bits per heavy atom. The second kappa shape index (κ2) is 4.30. The van der Waals surface area contributed by atoms with Crippen LogP contribution in [0.15, 0.2) is 23.0 Å². The van der Waals surface area contributed by atoms with Gasteiger partial charge in [-0.15, -0.1) is 0 Å². The zero-order valence-corrected chi connectivity index (χ0v) is 10.8. The normalized spacial score (nSPS) is 14.6. The predicted molar refractivity (Wildman–Crippen MR) is 69.5 cm³/mol. The minimum absolute atomic E-state index is 0.0513. The molecule has 4 nitrogen and oxygen atoms in total. The lowest BCUT2D eigenvalue weighted by Crippen LogP contribution is -2.19. The maximum atomic E-state index is 12.2. The molecule has 0 amide bonds. The standard InChI is InChI=1S/C13H13ClN2O2/c1-8-2-3-9(6-11(8)14)16-13(17)10-7-18-5-4-12(10)15-16/h2-3,6,15H,4-5,7H2,1H3. The molecule has 1 aromatic carbocycles. The van der Waals surface area contributed by atoms with Crippen LogP contribution in [0.25, 0.3) is 5.69 Å². The van der Waals surface area contributed by atoms with Crippen LogP contribution in [0, 0.1) is 6.92 Å². The summed E-state index contributed by atoms with van der Waals surface area (Å²) in [6, 6.07) is 5.58. The fourth-order valence-electron chi connectivity index (χ4n) is 2.12. The van der Waals surface area contributed by atoms with Gasteiger partial charge in [0.2, 0.25) is 0 Å². The third-order valence-electron chi connectivity index (χ3n) is 3.23. The van der Waals surface area contributed by atoms with Gasteiger partial charge < -0.3 is 4.74 Å². The van der Waals surface area contributed by atoms with Crippen molar-refractivity contribution in [2.75, 3.05) is 6.61 Å². The molecule has 0 radical (unpaired) electrons. The first kappa shape index (κ1) is 11.6. The van der Waals surface area contributed by atoms with E-state index >= 15 is 0 Å². The number of H-pyrrole nitrogens is 1. The van der Waals surface area contributed by atoms with E-state index in [1.165, 1.54) is 4.68 Å². The van der Waals surface area contributed by atoms with Gasteiger partial charge in [0, 0.05) is 17.1 Å². The van der Waals surface area contributed by atoms with Gasteiger partial charge in [0.15, 0.2) is 0 Å². The smallest absolute Gasteiger partial charge is 0.277 e. The Morgan fingerprint density at radius 2 is 2.28 bits per heavy atom. The molecule has 1 aromatic heterocycles. The summed E-state index contributed by atoms with van der Waals surface area (Å²) in [5.41, 5.74) is 3.38. The third-order valence-corrected chi connectivity index (χ3v) is 3.64. The molecule has 0 saturated heterocycles. The minimum Gasteiger partial charge on any atom is -0.376 e. The van der Waals surface area contributed by atoms with Crippen molar-refractivity contribution >= 4 is 11.6 Å². The van der Waals surface area contributed by atoms with E-state index in [0.29, 0.717) is 18.2 Å². The second-order valence-corrected chi connectivity index (χ2v) is 4.85. The topological polar surface area (TPSA) is 47.0 Å². The fourth-order valence-corrected chi connectivity index (χ4v) is 2.30. The summed E-state index contributed by atoms with van der Waals surface area (Å²) >= 11 is 6.09. The van der Waals surface area contributed by atoms with Crippen LogP contribution >= 0.6 is 11.6 Å². The van der Waals surface area contributed by atoms with Crippen LogP contribution in [0.5, 0.6) is 0 Å². The summed E-state index contributed by atoms with van der Waals surface area (Å²) < 4.78 is 6.84. The number of hydrogen-bond donors (Lipinski definition) is 1. The molecule has 1 aliphatic heterocycles. The molecule has 1 N–H and O–H groups in total. The first-order valence-electron chi connectivity index (χ1n) is 5.84.